The van der Waals surface area contributed by atoms with E-state index >= 15 is 0 Å². The number of carbonyl (C=O) groups is 1. The van der Waals surface area contributed by atoms with Gasteiger partial charge in [-0.2, -0.15) is 0 Å². The van der Waals surface area contributed by atoms with E-state index in [9.17, 15) is 4.79 Å². The summed E-state index contributed by atoms with van der Waals surface area (Å²) in [6, 6.07) is 17.0. The molecule has 24 heavy (non-hydrogen) atoms. The summed E-state index contributed by atoms with van der Waals surface area (Å²) in [4.78, 5) is 13.2. The van der Waals surface area contributed by atoms with Crippen molar-refractivity contribution in [2.75, 3.05) is 20.2 Å². The Morgan fingerprint density at radius 2 is 1.62 bits per heavy atom. The van der Waals surface area contributed by atoms with Crippen molar-refractivity contribution in [3.63, 3.8) is 0 Å². The highest BCUT2D eigenvalue weighted by Crippen LogP contribution is 2.18. The normalized spacial score (nSPS) is 11.6. The van der Waals surface area contributed by atoms with Gasteiger partial charge in [-0.1, -0.05) is 30.3 Å². The number of amides is 1. The molecule has 0 saturated carbocycles. The molecular weight excluding hydrogens is 304 g/mol. The van der Waals surface area contributed by atoms with Gasteiger partial charge in [0.1, 0.15) is 24.7 Å². The molecule has 2 aromatic carbocycles. The highest BCUT2D eigenvalue weighted by atomic mass is 16.5. The molecule has 5 heteroatoms. The largest absolute Gasteiger partial charge is 0.492 e. The average Bonchev–Trinajstić information content (AvgIpc) is 2.61. The van der Waals surface area contributed by atoms with E-state index in [4.69, 9.17) is 15.2 Å². The minimum atomic E-state index is -0.490. The fraction of sp³-hybridized carbons (Fsp3) is 0.316. The Bertz CT molecular complexity index is 627. The topological polar surface area (TPSA) is 64.8 Å². The number of nitrogens with zero attached hydrogens (tertiary/aromatic N) is 1. The first-order chi connectivity index (χ1) is 11.6. The van der Waals surface area contributed by atoms with Gasteiger partial charge >= 0.3 is 0 Å². The Kier molecular flexibility index (Phi) is 6.63. The van der Waals surface area contributed by atoms with Gasteiger partial charge in [0.2, 0.25) is 5.91 Å². The van der Waals surface area contributed by atoms with Crippen LogP contribution in [0.4, 0.5) is 0 Å². The van der Waals surface area contributed by atoms with Crippen LogP contribution in [0, 0.1) is 0 Å². The quantitative estimate of drug-likeness (QED) is 0.808. The fourth-order valence-electron chi connectivity index (χ4n) is 2.13. The Morgan fingerprint density at radius 1 is 1.04 bits per heavy atom. The van der Waals surface area contributed by atoms with Crippen molar-refractivity contribution in [2.24, 2.45) is 5.73 Å². The molecule has 2 rings (SSSR count). The van der Waals surface area contributed by atoms with Gasteiger partial charge in [0, 0.05) is 7.05 Å². The zero-order valence-corrected chi connectivity index (χ0v) is 14.1. The third kappa shape index (κ3) is 5.59. The van der Waals surface area contributed by atoms with Gasteiger partial charge in [-0.05, 0) is 36.8 Å². The first-order valence-electron chi connectivity index (χ1n) is 7.96. The number of carbonyl (C=O) groups excluding carboxylic acids is 1. The molecular formula is C19H24N2O3. The van der Waals surface area contributed by atoms with Crippen molar-refractivity contribution in [2.45, 2.75) is 19.6 Å². The maximum Gasteiger partial charge on any atom is 0.239 e. The summed E-state index contributed by atoms with van der Waals surface area (Å²) in [6.45, 7) is 3.12. The van der Waals surface area contributed by atoms with E-state index in [0.29, 0.717) is 19.8 Å². The first-order valence-corrected chi connectivity index (χ1v) is 7.96. The maximum absolute atomic E-state index is 11.6. The zero-order chi connectivity index (χ0) is 17.4. The molecule has 0 aliphatic rings. The molecule has 0 aliphatic carbocycles. The van der Waals surface area contributed by atoms with Crippen LogP contribution in [0.25, 0.3) is 0 Å². The number of nitrogens with two attached hydrogens (primary N) is 1. The van der Waals surface area contributed by atoms with Crippen LogP contribution in [0.2, 0.25) is 0 Å². The highest BCUT2D eigenvalue weighted by Gasteiger charge is 2.12. The average molecular weight is 328 g/mol. The number of rotatable bonds is 8. The lowest BCUT2D eigenvalue weighted by Gasteiger charge is -2.19. The van der Waals surface area contributed by atoms with E-state index in [0.717, 1.165) is 17.1 Å². The predicted octanol–water partition coefficient (Wildman–Crippen LogP) is 2.45. The molecule has 1 atom stereocenters. The minimum Gasteiger partial charge on any atom is -0.492 e. The molecule has 128 valence electrons. The van der Waals surface area contributed by atoms with Crippen molar-refractivity contribution in [3.8, 4) is 11.5 Å². The van der Waals surface area contributed by atoms with Crippen molar-refractivity contribution in [1.29, 1.82) is 0 Å². The Morgan fingerprint density at radius 3 is 2.21 bits per heavy atom. The lowest BCUT2D eigenvalue weighted by atomic mass is 10.2. The molecule has 0 fully saturated rings. The lowest BCUT2D eigenvalue weighted by molar-refractivity contribution is -0.131. The lowest BCUT2D eigenvalue weighted by Crippen LogP contribution is -2.41. The van der Waals surface area contributed by atoms with Crippen LogP contribution in [0.1, 0.15) is 12.5 Å². The fourth-order valence-corrected chi connectivity index (χ4v) is 2.13. The van der Waals surface area contributed by atoms with Crippen molar-refractivity contribution in [3.05, 3.63) is 60.2 Å². The summed E-state index contributed by atoms with van der Waals surface area (Å²) < 4.78 is 11.4. The molecule has 0 aliphatic heterocycles. The minimum absolute atomic E-state index is 0.0942. The molecule has 5 nitrogen and oxygen atoms in total. The molecule has 0 unspecified atom stereocenters. The smallest absolute Gasteiger partial charge is 0.239 e. The van der Waals surface area contributed by atoms with Crippen LogP contribution in [0.3, 0.4) is 0 Å². The summed E-state index contributed by atoms with van der Waals surface area (Å²) in [6.07, 6.45) is 0. The molecule has 0 bridgehead atoms. The van der Waals surface area contributed by atoms with Crippen LogP contribution in [-0.2, 0) is 11.4 Å². The number of hydrogen-bond acceptors (Lipinski definition) is 4. The van der Waals surface area contributed by atoms with Crippen LogP contribution in [-0.4, -0.2) is 37.0 Å². The SMILES string of the molecule is C[C@H](N)C(=O)N(C)CCOc1ccc(OCc2ccccc2)cc1. The van der Waals surface area contributed by atoms with Gasteiger partial charge in [0.25, 0.3) is 0 Å². The second kappa shape index (κ2) is 8.93. The van der Waals surface area contributed by atoms with E-state index in [1.807, 2.05) is 54.6 Å². The van der Waals surface area contributed by atoms with Gasteiger partial charge in [-0.3, -0.25) is 4.79 Å². The van der Waals surface area contributed by atoms with Gasteiger partial charge in [-0.15, -0.1) is 0 Å². The number of hydrogen-bond donors (Lipinski definition) is 1. The Labute approximate surface area is 143 Å². The second-order valence-electron chi connectivity index (χ2n) is 5.64. The molecule has 0 aromatic heterocycles. The first kappa shape index (κ1) is 17.8. The summed E-state index contributed by atoms with van der Waals surface area (Å²) in [5, 5.41) is 0. The standard InChI is InChI=1S/C19H24N2O3/c1-15(20)19(22)21(2)12-13-23-17-8-10-18(11-9-17)24-14-16-6-4-3-5-7-16/h3-11,15H,12-14,20H2,1-2H3/t15-/m0/s1. The van der Waals surface area contributed by atoms with E-state index in [2.05, 4.69) is 0 Å². The predicted molar refractivity (Wildman–Crippen MR) is 94.0 cm³/mol. The Balaban J connectivity index is 1.75. The molecule has 2 N–H and O–H groups in total. The van der Waals surface area contributed by atoms with E-state index in [1.54, 1.807) is 18.9 Å². The van der Waals surface area contributed by atoms with E-state index in [-0.39, 0.29) is 5.91 Å². The second-order valence-corrected chi connectivity index (χ2v) is 5.64. The van der Waals surface area contributed by atoms with Gasteiger partial charge in [-0.25, -0.2) is 0 Å². The summed E-state index contributed by atoms with van der Waals surface area (Å²) in [5.74, 6) is 1.43. The van der Waals surface area contributed by atoms with Crippen LogP contribution in [0.5, 0.6) is 11.5 Å². The molecule has 0 heterocycles. The number of ether oxygens (including phenoxy) is 2. The summed E-state index contributed by atoms with van der Waals surface area (Å²) in [7, 11) is 1.72. The number of likely N-dealkylation sites (N-methyl/N-ethyl adjacent to an activating group) is 1. The van der Waals surface area contributed by atoms with Crippen LogP contribution < -0.4 is 15.2 Å². The van der Waals surface area contributed by atoms with Crippen molar-refractivity contribution < 1.29 is 14.3 Å². The molecule has 0 radical (unpaired) electrons. The van der Waals surface area contributed by atoms with E-state index < -0.39 is 6.04 Å². The van der Waals surface area contributed by atoms with Crippen molar-refractivity contribution in [1.82, 2.24) is 4.90 Å². The van der Waals surface area contributed by atoms with Gasteiger partial charge in [0.15, 0.2) is 0 Å². The molecule has 2 aromatic rings. The molecule has 0 spiro atoms. The van der Waals surface area contributed by atoms with Gasteiger partial charge in [0.05, 0.1) is 12.6 Å². The monoisotopic (exact) mass is 328 g/mol. The summed E-state index contributed by atoms with van der Waals surface area (Å²) >= 11 is 0. The highest BCUT2D eigenvalue weighted by molar-refractivity contribution is 5.80. The summed E-state index contributed by atoms with van der Waals surface area (Å²) in [5.41, 5.74) is 6.69. The maximum atomic E-state index is 11.6. The number of benzene rings is 2. The van der Waals surface area contributed by atoms with Gasteiger partial charge < -0.3 is 20.1 Å². The Hall–Kier alpha value is -2.53. The van der Waals surface area contributed by atoms with Crippen LogP contribution in [0.15, 0.2) is 54.6 Å². The third-order valence-corrected chi connectivity index (χ3v) is 3.53. The zero-order valence-electron chi connectivity index (χ0n) is 14.1. The van der Waals surface area contributed by atoms with Crippen molar-refractivity contribution >= 4 is 5.91 Å². The molecule has 1 amide bonds. The van der Waals surface area contributed by atoms with E-state index in [1.165, 1.54) is 0 Å². The van der Waals surface area contributed by atoms with Crippen LogP contribution >= 0.6 is 0 Å². The molecule has 0 saturated heterocycles. The third-order valence-electron chi connectivity index (χ3n) is 3.53.